The van der Waals surface area contributed by atoms with Gasteiger partial charge in [-0.05, 0) is 56.2 Å². The molecule has 3 heterocycles. The molecule has 1 unspecified atom stereocenters. The van der Waals surface area contributed by atoms with Crippen molar-refractivity contribution in [2.75, 3.05) is 17.3 Å². The number of anilines is 1. The van der Waals surface area contributed by atoms with Crippen molar-refractivity contribution >= 4 is 28.4 Å². The zero-order valence-corrected chi connectivity index (χ0v) is 23.6. The summed E-state index contributed by atoms with van der Waals surface area (Å²) < 4.78 is 28.1. The first-order valence-corrected chi connectivity index (χ1v) is 15.0. The normalized spacial score (nSPS) is 18.9. The molecule has 3 aromatic heterocycles. The molecule has 10 nitrogen and oxygen atoms in total. The number of carbonyl (C=O) groups excluding carboxylic acids is 2. The van der Waals surface area contributed by atoms with E-state index in [1.165, 1.54) is 10.9 Å². The summed E-state index contributed by atoms with van der Waals surface area (Å²) in [5.41, 5.74) is 2.75. The number of halogens is 1. The second-order valence-electron chi connectivity index (χ2n) is 10.2. The largest absolute Gasteiger partial charge is 0.339 e. The average Bonchev–Trinajstić information content (AvgIpc) is 3.53. The Morgan fingerprint density at radius 2 is 1.97 bits per heavy atom. The summed E-state index contributed by atoms with van der Waals surface area (Å²) in [6, 6.07) is 3.88. The predicted octanol–water partition coefficient (Wildman–Crippen LogP) is 3.62. The summed E-state index contributed by atoms with van der Waals surface area (Å²) in [4.78, 5) is 30.8. The Kier molecular flexibility index (Phi) is 9.26. The lowest BCUT2D eigenvalue weighted by atomic mass is 9.79. The van der Waals surface area contributed by atoms with Crippen molar-refractivity contribution in [3.63, 3.8) is 0 Å². The summed E-state index contributed by atoms with van der Waals surface area (Å²) in [5.74, 6) is -0.690. The van der Waals surface area contributed by atoms with Crippen LogP contribution in [-0.4, -0.2) is 59.0 Å². The fourth-order valence-electron chi connectivity index (χ4n) is 5.14. The van der Waals surface area contributed by atoms with Crippen LogP contribution in [0.2, 0.25) is 0 Å². The van der Waals surface area contributed by atoms with Gasteiger partial charge in [-0.2, -0.15) is 14.6 Å². The van der Waals surface area contributed by atoms with E-state index in [1.54, 1.807) is 24.5 Å². The molecule has 1 fully saturated rings. The number of nitrogens with one attached hydrogen (secondary N) is 3. The molecule has 12 heteroatoms. The molecule has 0 bridgehead atoms. The first-order valence-electron chi connectivity index (χ1n) is 13.3. The van der Waals surface area contributed by atoms with Crippen molar-refractivity contribution in [1.29, 1.82) is 0 Å². The van der Waals surface area contributed by atoms with Crippen LogP contribution in [0.1, 0.15) is 61.4 Å². The van der Waals surface area contributed by atoms with Gasteiger partial charge in [0.25, 0.3) is 5.91 Å². The minimum Gasteiger partial charge on any atom is -0.339 e. The van der Waals surface area contributed by atoms with Crippen LogP contribution >= 0.6 is 0 Å². The van der Waals surface area contributed by atoms with Crippen molar-refractivity contribution < 1.29 is 18.2 Å². The maximum Gasteiger partial charge on any atom is 0.270 e. The fourth-order valence-corrected chi connectivity index (χ4v) is 5.57. The highest BCUT2D eigenvalue weighted by Crippen LogP contribution is 2.32. The molecule has 1 aliphatic carbocycles. The van der Waals surface area contributed by atoms with Crippen LogP contribution in [0, 0.1) is 24.7 Å². The standard InChI is InChI=1S/C27H36FN7O3S/c1-5-20-23(17(3)33-34-20)19-10-11-22(30-25(19)28)31-27(37)24(18-8-6-16(2)7-9-18)32-26(36)21-12-13-29-35(21)14-15-39(4)38/h10-13,16,18,24H,5-9,14-15H2,1-4H3,(H,32,36)(H,33,34)(H,30,31,37)/t16?,18?,24-,39?/m0/s1. The van der Waals surface area contributed by atoms with Crippen LogP contribution in [0.3, 0.4) is 0 Å². The molecule has 3 aromatic rings. The minimum atomic E-state index is -1.04. The lowest BCUT2D eigenvalue weighted by Crippen LogP contribution is -2.49. The number of pyridine rings is 1. The first kappa shape index (κ1) is 28.6. The molecule has 210 valence electrons. The highest BCUT2D eigenvalue weighted by Gasteiger charge is 2.33. The van der Waals surface area contributed by atoms with Crippen LogP contribution in [0.4, 0.5) is 10.2 Å². The van der Waals surface area contributed by atoms with Crippen LogP contribution in [0.5, 0.6) is 0 Å². The van der Waals surface area contributed by atoms with Crippen LogP contribution in [0.25, 0.3) is 11.1 Å². The lowest BCUT2D eigenvalue weighted by Gasteiger charge is -2.32. The second kappa shape index (κ2) is 12.6. The SMILES string of the molecule is CCc1n[nH]c(C)c1-c1ccc(NC(=O)[C@@H](NC(=O)c2ccnn2CCS(C)=O)C2CCC(C)CC2)nc1F. The van der Waals surface area contributed by atoms with Crippen LogP contribution in [-0.2, 0) is 28.6 Å². The van der Waals surface area contributed by atoms with Gasteiger partial charge in [0.2, 0.25) is 11.9 Å². The number of H-pyrrole nitrogens is 1. The zero-order valence-electron chi connectivity index (χ0n) is 22.8. The molecule has 2 atom stereocenters. The van der Waals surface area contributed by atoms with Gasteiger partial charge in [0.15, 0.2) is 0 Å². The van der Waals surface area contributed by atoms with Crippen molar-refractivity contribution in [2.45, 2.75) is 65.5 Å². The van der Waals surface area contributed by atoms with E-state index < -0.39 is 34.6 Å². The van der Waals surface area contributed by atoms with E-state index in [-0.39, 0.29) is 17.4 Å². The number of amides is 2. The number of hydrogen-bond donors (Lipinski definition) is 3. The summed E-state index contributed by atoms with van der Waals surface area (Å²) >= 11 is 0. The van der Waals surface area contributed by atoms with E-state index in [0.717, 1.165) is 37.1 Å². The van der Waals surface area contributed by atoms with Gasteiger partial charge >= 0.3 is 0 Å². The monoisotopic (exact) mass is 557 g/mol. The number of nitrogens with zero attached hydrogens (tertiary/aromatic N) is 4. The Morgan fingerprint density at radius 1 is 1.23 bits per heavy atom. The molecule has 0 saturated heterocycles. The fraction of sp³-hybridized carbons (Fsp3) is 0.519. The van der Waals surface area contributed by atoms with Crippen molar-refractivity contribution in [2.24, 2.45) is 11.8 Å². The molecule has 1 saturated carbocycles. The number of rotatable bonds is 10. The van der Waals surface area contributed by atoms with Gasteiger partial charge in [0.1, 0.15) is 17.6 Å². The van der Waals surface area contributed by atoms with Gasteiger partial charge in [0.05, 0.1) is 12.2 Å². The van der Waals surface area contributed by atoms with Gasteiger partial charge in [-0.3, -0.25) is 23.6 Å². The van der Waals surface area contributed by atoms with E-state index in [0.29, 0.717) is 35.8 Å². The maximum absolute atomic E-state index is 15.1. The van der Waals surface area contributed by atoms with E-state index in [2.05, 4.69) is 37.8 Å². The molecule has 1 aliphatic rings. The number of carbonyl (C=O) groups is 2. The smallest absolute Gasteiger partial charge is 0.270 e. The van der Waals surface area contributed by atoms with Gasteiger partial charge < -0.3 is 10.6 Å². The molecule has 3 N–H and O–H groups in total. The van der Waals surface area contributed by atoms with Gasteiger partial charge in [-0.1, -0.05) is 26.7 Å². The molecule has 0 aliphatic heterocycles. The van der Waals surface area contributed by atoms with Gasteiger partial charge in [-0.15, -0.1) is 0 Å². The van der Waals surface area contributed by atoms with E-state index in [4.69, 9.17) is 0 Å². The Balaban J connectivity index is 1.54. The number of aromatic nitrogens is 5. The molecule has 39 heavy (non-hydrogen) atoms. The highest BCUT2D eigenvalue weighted by molar-refractivity contribution is 7.84. The Hall–Kier alpha value is -3.41. The first-order chi connectivity index (χ1) is 18.7. The maximum atomic E-state index is 15.1. The second-order valence-corrected chi connectivity index (χ2v) is 11.8. The van der Waals surface area contributed by atoms with Crippen LogP contribution < -0.4 is 10.6 Å². The minimum absolute atomic E-state index is 0.0688. The Labute approximate surface area is 230 Å². The lowest BCUT2D eigenvalue weighted by molar-refractivity contribution is -0.119. The van der Waals surface area contributed by atoms with E-state index in [1.807, 2.05) is 13.8 Å². The van der Waals surface area contributed by atoms with Gasteiger partial charge in [0, 0.05) is 45.8 Å². The molecule has 0 radical (unpaired) electrons. The van der Waals surface area contributed by atoms with Crippen LogP contribution in [0.15, 0.2) is 24.4 Å². The quantitative estimate of drug-likeness (QED) is 0.326. The number of aromatic amines is 1. The molecule has 0 aromatic carbocycles. The summed E-state index contributed by atoms with van der Waals surface area (Å²) in [5, 5.41) is 16.9. The number of aryl methyl sites for hydroxylation is 3. The van der Waals surface area contributed by atoms with Crippen molar-refractivity contribution in [1.82, 2.24) is 30.3 Å². The summed E-state index contributed by atoms with van der Waals surface area (Å²) in [6.07, 6.45) is 7.21. The topological polar surface area (TPSA) is 135 Å². The van der Waals surface area contributed by atoms with E-state index in [9.17, 15) is 13.8 Å². The molecular formula is C27H36FN7O3S. The predicted molar refractivity (Wildman–Crippen MR) is 148 cm³/mol. The molecular weight excluding hydrogens is 521 g/mol. The average molecular weight is 558 g/mol. The number of hydrogen-bond acceptors (Lipinski definition) is 6. The molecule has 4 rings (SSSR count). The summed E-state index contributed by atoms with van der Waals surface area (Å²) in [7, 11) is -1.04. The Bertz CT molecular complexity index is 1350. The zero-order chi connectivity index (χ0) is 28.1. The summed E-state index contributed by atoms with van der Waals surface area (Å²) in [6.45, 7) is 6.27. The van der Waals surface area contributed by atoms with Gasteiger partial charge in [-0.25, -0.2) is 4.98 Å². The van der Waals surface area contributed by atoms with Crippen molar-refractivity contribution in [3.05, 3.63) is 47.4 Å². The third-order valence-corrected chi connectivity index (χ3v) is 8.12. The molecule has 0 spiro atoms. The van der Waals surface area contributed by atoms with Crippen molar-refractivity contribution in [3.8, 4) is 11.1 Å². The molecule has 2 amide bonds. The van der Waals surface area contributed by atoms with E-state index >= 15 is 4.39 Å². The highest BCUT2D eigenvalue weighted by atomic mass is 32.2. The Morgan fingerprint density at radius 3 is 2.64 bits per heavy atom. The third kappa shape index (κ3) is 6.78. The third-order valence-electron chi connectivity index (χ3n) is 7.37.